The fraction of sp³-hybridized carbons (Fsp3) is 0.444. The molecule has 2 atom stereocenters. The molecule has 2 unspecified atom stereocenters. The number of fused-ring (bicyclic) bond motifs is 1. The molecule has 0 saturated carbocycles. The molecule has 3 rings (SSSR count). The molecule has 0 spiro atoms. The highest BCUT2D eigenvalue weighted by molar-refractivity contribution is 7.07. The third kappa shape index (κ3) is 3.66. The van der Waals surface area contributed by atoms with Gasteiger partial charge in [0.1, 0.15) is 5.75 Å². The summed E-state index contributed by atoms with van der Waals surface area (Å²) in [7, 11) is 1.74. The highest BCUT2D eigenvalue weighted by Gasteiger charge is 2.20. The van der Waals surface area contributed by atoms with Crippen molar-refractivity contribution in [1.29, 1.82) is 0 Å². The predicted molar refractivity (Wildman–Crippen MR) is 89.4 cm³/mol. The first kappa shape index (κ1) is 14.6. The Bertz CT molecular complexity index is 579. The standard InChI is InChI=1S/C18H23NOS/c1-13(9-14-7-8-21-12-14)19-17-5-3-15-4-6-18(20-2)11-16(15)10-17/h4,6-8,11-13,17,19H,3,5,9-10H2,1-2H3. The van der Waals surface area contributed by atoms with Crippen LogP contribution in [0.4, 0.5) is 0 Å². The maximum absolute atomic E-state index is 5.35. The first-order valence-electron chi connectivity index (χ1n) is 7.67. The van der Waals surface area contributed by atoms with Crippen molar-refractivity contribution in [3.63, 3.8) is 0 Å². The lowest BCUT2D eigenvalue weighted by Gasteiger charge is -2.28. The number of hydrogen-bond donors (Lipinski definition) is 1. The summed E-state index contributed by atoms with van der Waals surface area (Å²) in [5.41, 5.74) is 4.37. The van der Waals surface area contributed by atoms with E-state index in [1.807, 2.05) is 0 Å². The van der Waals surface area contributed by atoms with Crippen molar-refractivity contribution >= 4 is 11.3 Å². The molecule has 0 radical (unpaired) electrons. The third-order valence-corrected chi connectivity index (χ3v) is 5.02. The number of benzene rings is 1. The van der Waals surface area contributed by atoms with Crippen molar-refractivity contribution < 1.29 is 4.74 Å². The highest BCUT2D eigenvalue weighted by Crippen LogP contribution is 2.26. The van der Waals surface area contributed by atoms with Crippen LogP contribution in [0.2, 0.25) is 0 Å². The van der Waals surface area contributed by atoms with Gasteiger partial charge >= 0.3 is 0 Å². The number of aryl methyl sites for hydroxylation is 1. The minimum Gasteiger partial charge on any atom is -0.497 e. The topological polar surface area (TPSA) is 21.3 Å². The summed E-state index contributed by atoms with van der Waals surface area (Å²) in [4.78, 5) is 0. The molecule has 21 heavy (non-hydrogen) atoms. The van der Waals surface area contributed by atoms with Gasteiger partial charge in [0, 0.05) is 12.1 Å². The van der Waals surface area contributed by atoms with E-state index in [9.17, 15) is 0 Å². The van der Waals surface area contributed by atoms with Crippen molar-refractivity contribution in [3.05, 3.63) is 51.7 Å². The summed E-state index contributed by atoms with van der Waals surface area (Å²) < 4.78 is 5.35. The van der Waals surface area contributed by atoms with E-state index in [4.69, 9.17) is 4.74 Å². The number of ether oxygens (including phenoxy) is 1. The van der Waals surface area contributed by atoms with Crippen LogP contribution in [0.25, 0.3) is 0 Å². The molecule has 0 saturated heterocycles. The van der Waals surface area contributed by atoms with Gasteiger partial charge in [-0.1, -0.05) is 6.07 Å². The molecule has 1 aromatic heterocycles. The second kappa shape index (κ2) is 6.63. The Morgan fingerprint density at radius 3 is 3.00 bits per heavy atom. The molecule has 1 aliphatic carbocycles. The van der Waals surface area contributed by atoms with E-state index in [0.29, 0.717) is 12.1 Å². The third-order valence-electron chi connectivity index (χ3n) is 4.28. The summed E-state index contributed by atoms with van der Waals surface area (Å²) in [5, 5.41) is 8.21. The van der Waals surface area contributed by atoms with Gasteiger partial charge in [-0.05, 0) is 78.3 Å². The monoisotopic (exact) mass is 301 g/mol. The van der Waals surface area contributed by atoms with E-state index < -0.39 is 0 Å². The smallest absolute Gasteiger partial charge is 0.119 e. The van der Waals surface area contributed by atoms with Gasteiger partial charge in [-0.25, -0.2) is 0 Å². The summed E-state index contributed by atoms with van der Waals surface area (Å²) in [6.45, 7) is 2.29. The zero-order valence-electron chi connectivity index (χ0n) is 12.8. The van der Waals surface area contributed by atoms with E-state index in [1.165, 1.54) is 29.5 Å². The van der Waals surface area contributed by atoms with E-state index in [1.54, 1.807) is 18.4 Å². The lowest BCUT2D eigenvalue weighted by Crippen LogP contribution is -2.41. The van der Waals surface area contributed by atoms with Crippen LogP contribution in [0.3, 0.4) is 0 Å². The van der Waals surface area contributed by atoms with Crippen LogP contribution in [-0.2, 0) is 19.3 Å². The Labute approximate surface area is 131 Å². The van der Waals surface area contributed by atoms with Gasteiger partial charge in [0.15, 0.2) is 0 Å². The molecule has 0 bridgehead atoms. The Morgan fingerprint density at radius 1 is 1.33 bits per heavy atom. The van der Waals surface area contributed by atoms with Crippen LogP contribution in [0.5, 0.6) is 5.75 Å². The van der Waals surface area contributed by atoms with E-state index >= 15 is 0 Å². The zero-order valence-corrected chi connectivity index (χ0v) is 13.6. The van der Waals surface area contributed by atoms with Gasteiger partial charge in [-0.15, -0.1) is 0 Å². The van der Waals surface area contributed by atoms with Crippen molar-refractivity contribution in [3.8, 4) is 5.75 Å². The van der Waals surface area contributed by atoms with E-state index in [2.05, 4.69) is 47.3 Å². The second-order valence-electron chi connectivity index (χ2n) is 5.98. The van der Waals surface area contributed by atoms with Crippen LogP contribution < -0.4 is 10.1 Å². The summed E-state index contributed by atoms with van der Waals surface area (Å²) in [5.74, 6) is 0.973. The van der Waals surface area contributed by atoms with Gasteiger partial charge in [-0.2, -0.15) is 11.3 Å². The zero-order chi connectivity index (χ0) is 14.7. The minimum absolute atomic E-state index is 0.525. The molecule has 1 aromatic carbocycles. The maximum Gasteiger partial charge on any atom is 0.119 e. The number of rotatable bonds is 5. The molecule has 0 amide bonds. The van der Waals surface area contributed by atoms with Gasteiger partial charge in [0.05, 0.1) is 7.11 Å². The molecule has 0 aliphatic heterocycles. The van der Waals surface area contributed by atoms with Gasteiger partial charge < -0.3 is 10.1 Å². The van der Waals surface area contributed by atoms with Crippen molar-refractivity contribution in [2.75, 3.05) is 7.11 Å². The first-order valence-corrected chi connectivity index (χ1v) is 8.62. The van der Waals surface area contributed by atoms with Crippen LogP contribution >= 0.6 is 11.3 Å². The first-order chi connectivity index (χ1) is 10.2. The lowest BCUT2D eigenvalue weighted by atomic mass is 9.87. The molecular weight excluding hydrogens is 278 g/mol. The second-order valence-corrected chi connectivity index (χ2v) is 6.76. The van der Waals surface area contributed by atoms with Crippen LogP contribution in [0.15, 0.2) is 35.0 Å². The van der Waals surface area contributed by atoms with Crippen LogP contribution in [-0.4, -0.2) is 19.2 Å². The minimum atomic E-state index is 0.525. The van der Waals surface area contributed by atoms with Gasteiger partial charge in [0.25, 0.3) is 0 Å². The molecule has 2 aromatic rings. The van der Waals surface area contributed by atoms with Crippen molar-refractivity contribution in [1.82, 2.24) is 5.32 Å². The number of thiophene rings is 1. The van der Waals surface area contributed by atoms with Gasteiger partial charge in [0.2, 0.25) is 0 Å². The Morgan fingerprint density at radius 2 is 2.24 bits per heavy atom. The number of methoxy groups -OCH3 is 1. The molecule has 112 valence electrons. The molecule has 1 N–H and O–H groups in total. The van der Waals surface area contributed by atoms with Crippen molar-refractivity contribution in [2.45, 2.75) is 44.7 Å². The number of nitrogens with one attached hydrogen (secondary N) is 1. The Hall–Kier alpha value is -1.32. The molecule has 1 aliphatic rings. The van der Waals surface area contributed by atoms with E-state index in [0.717, 1.165) is 18.6 Å². The quantitative estimate of drug-likeness (QED) is 0.906. The van der Waals surface area contributed by atoms with Crippen LogP contribution in [0.1, 0.15) is 30.0 Å². The summed E-state index contributed by atoms with van der Waals surface area (Å²) >= 11 is 1.78. The average Bonchev–Trinajstić information content (AvgIpc) is 2.99. The Kier molecular flexibility index (Phi) is 4.61. The SMILES string of the molecule is COc1ccc2c(c1)CC(NC(C)Cc1ccsc1)CC2. The summed E-state index contributed by atoms with van der Waals surface area (Å²) in [6, 6.07) is 9.83. The molecular formula is C18H23NOS. The number of hydrogen-bond acceptors (Lipinski definition) is 3. The van der Waals surface area contributed by atoms with E-state index in [-0.39, 0.29) is 0 Å². The fourth-order valence-corrected chi connectivity index (χ4v) is 3.91. The fourth-order valence-electron chi connectivity index (χ4n) is 3.23. The molecule has 0 fully saturated rings. The Balaban J connectivity index is 1.60. The summed E-state index contributed by atoms with van der Waals surface area (Å²) in [6.07, 6.45) is 4.63. The van der Waals surface area contributed by atoms with Crippen molar-refractivity contribution in [2.24, 2.45) is 0 Å². The highest BCUT2D eigenvalue weighted by atomic mass is 32.1. The molecule has 2 nitrogen and oxygen atoms in total. The maximum atomic E-state index is 5.35. The lowest BCUT2D eigenvalue weighted by molar-refractivity contribution is 0.398. The van der Waals surface area contributed by atoms with Gasteiger partial charge in [-0.3, -0.25) is 0 Å². The van der Waals surface area contributed by atoms with Crippen LogP contribution in [0, 0.1) is 0 Å². The molecule has 3 heteroatoms. The molecule has 1 heterocycles. The predicted octanol–water partition coefficient (Wildman–Crippen LogP) is 3.83. The largest absolute Gasteiger partial charge is 0.497 e. The average molecular weight is 301 g/mol. The normalized spacial score (nSPS) is 19.0.